The monoisotopic (exact) mass is 366 g/mol. The van der Waals surface area contributed by atoms with Gasteiger partial charge in [0.1, 0.15) is 0 Å². The molecule has 3 rings (SSSR count). The number of carbonyl (C=O) groups is 1. The largest absolute Gasteiger partial charge is 0.393 e. The van der Waals surface area contributed by atoms with Crippen molar-refractivity contribution in [2.24, 2.45) is 0 Å². The molecular formula is C21H22N2O2S. The highest BCUT2D eigenvalue weighted by Gasteiger charge is 2.22. The van der Waals surface area contributed by atoms with Gasteiger partial charge in [-0.2, -0.15) is 5.26 Å². The van der Waals surface area contributed by atoms with Crippen LogP contribution in [0.25, 0.3) is 0 Å². The fraction of sp³-hybridized carbons (Fsp3) is 0.333. The molecule has 0 heterocycles. The van der Waals surface area contributed by atoms with E-state index in [0.29, 0.717) is 11.1 Å². The van der Waals surface area contributed by atoms with E-state index in [1.807, 2.05) is 48.5 Å². The molecule has 0 unspecified atom stereocenters. The third kappa shape index (κ3) is 4.87. The second-order valence-corrected chi connectivity index (χ2v) is 7.59. The minimum absolute atomic E-state index is 0.0469. The number of amides is 1. The number of carbonyl (C=O) groups excluding carboxylic acids is 1. The van der Waals surface area contributed by atoms with E-state index in [9.17, 15) is 9.90 Å². The lowest BCUT2D eigenvalue weighted by atomic mass is 9.93. The number of aliphatic hydroxyl groups excluding tert-OH is 1. The van der Waals surface area contributed by atoms with Crippen LogP contribution in [0.1, 0.15) is 47.2 Å². The van der Waals surface area contributed by atoms with Crippen molar-refractivity contribution in [2.75, 3.05) is 0 Å². The Bertz CT molecular complexity index is 790. The van der Waals surface area contributed by atoms with Gasteiger partial charge in [0, 0.05) is 16.7 Å². The van der Waals surface area contributed by atoms with Crippen LogP contribution in [-0.4, -0.2) is 23.2 Å². The molecule has 0 aromatic heterocycles. The Labute approximate surface area is 158 Å². The van der Waals surface area contributed by atoms with Crippen LogP contribution in [0, 0.1) is 11.3 Å². The number of thioether (sulfide) groups is 1. The predicted octanol–water partition coefficient (Wildman–Crippen LogP) is 3.88. The second kappa shape index (κ2) is 8.88. The summed E-state index contributed by atoms with van der Waals surface area (Å²) in [5.41, 5.74) is 2.46. The molecule has 0 spiro atoms. The van der Waals surface area contributed by atoms with Crippen LogP contribution < -0.4 is 5.32 Å². The number of nitriles is 1. The van der Waals surface area contributed by atoms with Crippen LogP contribution in [0.5, 0.6) is 0 Å². The lowest BCUT2D eigenvalue weighted by Crippen LogP contribution is -2.38. The average Bonchev–Trinajstić information content (AvgIpc) is 2.68. The Morgan fingerprint density at radius 2 is 1.81 bits per heavy atom. The lowest BCUT2D eigenvalue weighted by molar-refractivity contribution is 0.0865. The molecule has 0 saturated heterocycles. The van der Waals surface area contributed by atoms with Crippen LogP contribution >= 0.6 is 11.8 Å². The highest BCUT2D eigenvalue weighted by Crippen LogP contribution is 2.27. The van der Waals surface area contributed by atoms with Crippen LogP contribution in [0.15, 0.2) is 53.4 Å². The SMILES string of the molecule is N#Cc1ccc(CSc2ccccc2C(=O)NC2CCC(O)CC2)cc1. The second-order valence-electron chi connectivity index (χ2n) is 6.57. The van der Waals surface area contributed by atoms with E-state index in [1.165, 1.54) is 0 Å². The zero-order chi connectivity index (χ0) is 18.4. The summed E-state index contributed by atoms with van der Waals surface area (Å²) in [5, 5.41) is 21.6. The van der Waals surface area contributed by atoms with E-state index >= 15 is 0 Å². The summed E-state index contributed by atoms with van der Waals surface area (Å²) >= 11 is 1.62. The normalized spacial score (nSPS) is 19.5. The first-order valence-electron chi connectivity index (χ1n) is 8.85. The number of nitrogens with one attached hydrogen (secondary N) is 1. The molecule has 2 aromatic carbocycles. The standard InChI is InChI=1S/C21H22N2O2S/c22-13-15-5-7-16(8-6-15)14-26-20-4-2-1-3-19(20)21(25)23-17-9-11-18(24)12-10-17/h1-8,17-18,24H,9-12,14H2,(H,23,25). The van der Waals surface area contributed by atoms with Crippen molar-refractivity contribution in [3.05, 3.63) is 65.2 Å². The molecule has 5 heteroatoms. The Balaban J connectivity index is 1.63. The Morgan fingerprint density at radius 1 is 1.12 bits per heavy atom. The maximum absolute atomic E-state index is 12.7. The van der Waals surface area contributed by atoms with Gasteiger partial charge in [0.2, 0.25) is 0 Å². The number of hydrogen-bond donors (Lipinski definition) is 2. The Hall–Kier alpha value is -2.29. The summed E-state index contributed by atoms with van der Waals surface area (Å²) in [4.78, 5) is 13.6. The maximum Gasteiger partial charge on any atom is 0.252 e. The van der Waals surface area contributed by atoms with Crippen LogP contribution in [0.3, 0.4) is 0 Å². The van der Waals surface area contributed by atoms with Gasteiger partial charge in [-0.1, -0.05) is 24.3 Å². The summed E-state index contributed by atoms with van der Waals surface area (Å²) in [5.74, 6) is 0.695. The summed E-state index contributed by atoms with van der Waals surface area (Å²) in [7, 11) is 0. The molecule has 4 nitrogen and oxygen atoms in total. The van der Waals surface area contributed by atoms with E-state index in [1.54, 1.807) is 11.8 Å². The number of benzene rings is 2. The molecule has 1 fully saturated rings. The van der Waals surface area contributed by atoms with Gasteiger partial charge >= 0.3 is 0 Å². The van der Waals surface area contributed by atoms with Crippen molar-refractivity contribution in [3.8, 4) is 6.07 Å². The van der Waals surface area contributed by atoms with E-state index in [4.69, 9.17) is 5.26 Å². The van der Waals surface area contributed by atoms with Gasteiger partial charge in [-0.25, -0.2) is 0 Å². The van der Waals surface area contributed by atoms with Crippen molar-refractivity contribution in [1.29, 1.82) is 5.26 Å². The van der Waals surface area contributed by atoms with Crippen LogP contribution in [-0.2, 0) is 5.75 Å². The molecular weight excluding hydrogens is 344 g/mol. The predicted molar refractivity (Wildman–Crippen MR) is 103 cm³/mol. The van der Waals surface area contributed by atoms with Crippen molar-refractivity contribution in [1.82, 2.24) is 5.32 Å². The first-order valence-corrected chi connectivity index (χ1v) is 9.84. The van der Waals surface area contributed by atoms with Gasteiger partial charge in [-0.3, -0.25) is 4.79 Å². The van der Waals surface area contributed by atoms with Crippen LogP contribution in [0.4, 0.5) is 0 Å². The summed E-state index contributed by atoms with van der Waals surface area (Å²) < 4.78 is 0. The molecule has 0 atom stereocenters. The van der Waals surface area contributed by atoms with Crippen molar-refractivity contribution in [3.63, 3.8) is 0 Å². The highest BCUT2D eigenvalue weighted by molar-refractivity contribution is 7.98. The molecule has 2 aromatic rings. The topological polar surface area (TPSA) is 73.1 Å². The third-order valence-corrected chi connectivity index (χ3v) is 5.79. The molecule has 2 N–H and O–H groups in total. The van der Waals surface area contributed by atoms with Crippen molar-refractivity contribution < 1.29 is 9.90 Å². The molecule has 0 radical (unpaired) electrons. The minimum Gasteiger partial charge on any atom is -0.393 e. The number of hydrogen-bond acceptors (Lipinski definition) is 4. The average molecular weight is 366 g/mol. The van der Waals surface area contributed by atoms with E-state index < -0.39 is 0 Å². The van der Waals surface area contributed by atoms with Gasteiger partial charge in [-0.05, 0) is 55.5 Å². The van der Waals surface area contributed by atoms with Crippen molar-refractivity contribution >= 4 is 17.7 Å². The number of nitrogens with zero attached hydrogens (tertiary/aromatic N) is 1. The van der Waals surface area contributed by atoms with Gasteiger partial charge in [0.25, 0.3) is 5.91 Å². The molecule has 1 aliphatic carbocycles. The zero-order valence-electron chi connectivity index (χ0n) is 14.5. The smallest absolute Gasteiger partial charge is 0.252 e. The highest BCUT2D eigenvalue weighted by atomic mass is 32.2. The van der Waals surface area contributed by atoms with Gasteiger partial charge in [0.05, 0.1) is 23.3 Å². The molecule has 1 aliphatic rings. The first-order chi connectivity index (χ1) is 12.7. The first kappa shape index (κ1) is 18.5. The van der Waals surface area contributed by atoms with Crippen molar-refractivity contribution in [2.45, 2.75) is 48.5 Å². The number of rotatable bonds is 5. The fourth-order valence-electron chi connectivity index (χ4n) is 3.10. The Kier molecular flexibility index (Phi) is 6.32. The molecule has 1 saturated carbocycles. The van der Waals surface area contributed by atoms with Gasteiger partial charge in [-0.15, -0.1) is 11.8 Å². The molecule has 0 aliphatic heterocycles. The van der Waals surface area contributed by atoms with E-state index in [-0.39, 0.29) is 18.1 Å². The van der Waals surface area contributed by atoms with Crippen LogP contribution in [0.2, 0.25) is 0 Å². The molecule has 0 bridgehead atoms. The fourth-order valence-corrected chi connectivity index (χ4v) is 4.11. The number of aliphatic hydroxyl groups is 1. The summed E-state index contributed by atoms with van der Waals surface area (Å²) in [6.45, 7) is 0. The molecule has 26 heavy (non-hydrogen) atoms. The quantitative estimate of drug-likeness (QED) is 0.788. The minimum atomic E-state index is -0.224. The van der Waals surface area contributed by atoms with E-state index in [0.717, 1.165) is 41.9 Å². The summed E-state index contributed by atoms with van der Waals surface area (Å²) in [6, 6.07) is 17.4. The molecule has 134 valence electrons. The van der Waals surface area contributed by atoms with Gasteiger partial charge < -0.3 is 10.4 Å². The molecule has 1 amide bonds. The Morgan fingerprint density at radius 3 is 2.50 bits per heavy atom. The van der Waals surface area contributed by atoms with E-state index in [2.05, 4.69) is 11.4 Å². The zero-order valence-corrected chi connectivity index (χ0v) is 15.3. The summed E-state index contributed by atoms with van der Waals surface area (Å²) in [6.07, 6.45) is 2.93. The lowest BCUT2D eigenvalue weighted by Gasteiger charge is -2.26. The third-order valence-electron chi connectivity index (χ3n) is 4.64. The maximum atomic E-state index is 12.7. The van der Waals surface area contributed by atoms with Gasteiger partial charge in [0.15, 0.2) is 0 Å².